The molecule has 7 nitrogen and oxygen atoms in total. The van der Waals surface area contributed by atoms with E-state index in [1.807, 2.05) is 30.3 Å². The molecule has 1 aromatic heterocycles. The first-order valence-corrected chi connectivity index (χ1v) is 11.3. The van der Waals surface area contributed by atoms with Gasteiger partial charge in [0.25, 0.3) is 0 Å². The van der Waals surface area contributed by atoms with Gasteiger partial charge in [0.1, 0.15) is 23.2 Å². The van der Waals surface area contributed by atoms with Crippen molar-refractivity contribution in [3.8, 4) is 5.75 Å². The van der Waals surface area contributed by atoms with Gasteiger partial charge in [-0.05, 0) is 49.6 Å². The van der Waals surface area contributed by atoms with Crippen LogP contribution < -0.4 is 9.80 Å². The Kier molecular flexibility index (Phi) is 4.50. The molecule has 1 fully saturated rings. The van der Waals surface area contributed by atoms with Crippen molar-refractivity contribution in [2.24, 2.45) is 0 Å². The Morgan fingerprint density at radius 3 is 2.55 bits per heavy atom. The van der Waals surface area contributed by atoms with Crippen LogP contribution in [-0.4, -0.2) is 45.7 Å². The summed E-state index contributed by atoms with van der Waals surface area (Å²) in [5.41, 5.74) is 4.05. The van der Waals surface area contributed by atoms with Crippen LogP contribution in [0.5, 0.6) is 5.75 Å². The standard InChI is InChI=1S/C26H25N5O2/c27-25-24(23(33)15-31(25)21-8-4-7-18-17(21)6-5-9-22(18)32)26-28-19-11-10-16(14-20(19)29-26)30-12-2-1-3-13-30/h4-11,14,27,32-33H,1-3,12-13,15H2,(H,28,29). The topological polar surface area (TPSA) is 99.5 Å². The molecular weight excluding hydrogens is 414 g/mol. The van der Waals surface area contributed by atoms with Gasteiger partial charge in [0.2, 0.25) is 0 Å². The van der Waals surface area contributed by atoms with E-state index in [0.717, 1.165) is 35.2 Å². The number of aromatic amines is 1. The van der Waals surface area contributed by atoms with Gasteiger partial charge in [0.15, 0.2) is 0 Å². The van der Waals surface area contributed by atoms with E-state index in [-0.39, 0.29) is 23.9 Å². The lowest BCUT2D eigenvalue weighted by Gasteiger charge is -2.28. The average molecular weight is 440 g/mol. The Morgan fingerprint density at radius 2 is 1.70 bits per heavy atom. The van der Waals surface area contributed by atoms with Gasteiger partial charge in [0.05, 0.1) is 28.8 Å². The molecule has 166 valence electrons. The fraction of sp³-hybridized carbons (Fsp3) is 0.231. The van der Waals surface area contributed by atoms with Gasteiger partial charge < -0.3 is 25.0 Å². The Morgan fingerprint density at radius 1 is 0.909 bits per heavy atom. The lowest BCUT2D eigenvalue weighted by Crippen LogP contribution is -2.29. The number of hydrogen-bond donors (Lipinski definition) is 4. The molecule has 0 spiro atoms. The third kappa shape index (κ3) is 3.19. The van der Waals surface area contributed by atoms with Crippen LogP contribution in [0.15, 0.2) is 60.4 Å². The molecule has 0 aliphatic carbocycles. The van der Waals surface area contributed by atoms with E-state index in [1.165, 1.54) is 24.9 Å². The molecule has 1 saturated heterocycles. The number of hydrogen-bond acceptors (Lipinski definition) is 5. The van der Waals surface area contributed by atoms with Gasteiger partial charge in [-0.2, -0.15) is 0 Å². The largest absolute Gasteiger partial charge is 0.509 e. The zero-order chi connectivity index (χ0) is 22.5. The van der Waals surface area contributed by atoms with Gasteiger partial charge >= 0.3 is 0 Å². The highest BCUT2D eigenvalue weighted by Gasteiger charge is 2.32. The summed E-state index contributed by atoms with van der Waals surface area (Å²) in [4.78, 5) is 12.2. The monoisotopic (exact) mass is 439 g/mol. The van der Waals surface area contributed by atoms with Gasteiger partial charge in [-0.1, -0.05) is 24.3 Å². The second-order valence-corrected chi connectivity index (χ2v) is 8.74. The lowest BCUT2D eigenvalue weighted by atomic mass is 10.1. The van der Waals surface area contributed by atoms with Crippen molar-refractivity contribution in [1.82, 2.24) is 9.97 Å². The van der Waals surface area contributed by atoms with Crippen LogP contribution in [0, 0.1) is 5.41 Å². The highest BCUT2D eigenvalue weighted by molar-refractivity contribution is 6.31. The molecule has 2 aliphatic heterocycles. The fourth-order valence-corrected chi connectivity index (χ4v) is 5.01. The molecule has 0 radical (unpaired) electrons. The molecule has 33 heavy (non-hydrogen) atoms. The number of imidazole rings is 1. The summed E-state index contributed by atoms with van der Waals surface area (Å²) >= 11 is 0. The molecule has 0 unspecified atom stereocenters. The summed E-state index contributed by atoms with van der Waals surface area (Å²) in [6.45, 7) is 2.32. The van der Waals surface area contributed by atoms with Crippen molar-refractivity contribution in [2.75, 3.05) is 29.4 Å². The minimum absolute atomic E-state index is 0.104. The number of piperidine rings is 1. The molecule has 0 saturated carbocycles. The van der Waals surface area contributed by atoms with Gasteiger partial charge in [-0.15, -0.1) is 0 Å². The number of phenolic OH excluding ortho intramolecular Hbond substituents is 1. The van der Waals surface area contributed by atoms with E-state index < -0.39 is 0 Å². The number of aliphatic hydroxyl groups excluding tert-OH is 1. The summed E-state index contributed by atoms with van der Waals surface area (Å²) in [7, 11) is 0. The van der Waals surface area contributed by atoms with Crippen LogP contribution in [0.4, 0.5) is 11.4 Å². The van der Waals surface area contributed by atoms with Crippen LogP contribution in [-0.2, 0) is 0 Å². The number of nitrogens with zero attached hydrogens (tertiary/aromatic N) is 3. The summed E-state index contributed by atoms with van der Waals surface area (Å²) in [5, 5.41) is 31.5. The average Bonchev–Trinajstić information content (AvgIpc) is 3.38. The molecule has 0 atom stereocenters. The molecular formula is C26H25N5O2. The lowest BCUT2D eigenvalue weighted by molar-refractivity contribution is 0.411. The maximum atomic E-state index is 10.8. The summed E-state index contributed by atoms with van der Waals surface area (Å²) < 4.78 is 0. The van der Waals surface area contributed by atoms with Gasteiger partial charge in [-0.3, -0.25) is 5.41 Å². The fourth-order valence-electron chi connectivity index (χ4n) is 5.01. The van der Waals surface area contributed by atoms with E-state index in [2.05, 4.69) is 27.0 Å². The number of nitrogens with one attached hydrogen (secondary N) is 2. The summed E-state index contributed by atoms with van der Waals surface area (Å²) in [6, 6.07) is 17.2. The summed E-state index contributed by atoms with van der Waals surface area (Å²) in [5.74, 6) is 0.972. The molecule has 0 amide bonds. The third-order valence-electron chi connectivity index (χ3n) is 6.69. The Labute approximate surface area is 191 Å². The number of amidine groups is 1. The molecule has 3 aromatic carbocycles. The van der Waals surface area contributed by atoms with E-state index in [1.54, 1.807) is 17.0 Å². The molecule has 2 aliphatic rings. The van der Waals surface area contributed by atoms with Crippen molar-refractivity contribution in [3.05, 3.63) is 66.2 Å². The van der Waals surface area contributed by atoms with Crippen molar-refractivity contribution >= 4 is 44.6 Å². The minimum atomic E-state index is 0.104. The van der Waals surface area contributed by atoms with E-state index in [0.29, 0.717) is 16.8 Å². The van der Waals surface area contributed by atoms with Gasteiger partial charge in [0, 0.05) is 29.5 Å². The quantitative estimate of drug-likeness (QED) is 0.353. The number of benzene rings is 3. The number of phenols is 1. The Balaban J connectivity index is 1.35. The number of H-pyrrole nitrogens is 1. The SMILES string of the molecule is N=C1C(c2nc3ccc(N4CCCCC4)cc3[nH]2)=C(O)CN1c1cccc2c(O)cccc12. The zero-order valence-corrected chi connectivity index (χ0v) is 18.2. The maximum absolute atomic E-state index is 10.8. The second-order valence-electron chi connectivity index (χ2n) is 8.74. The van der Waals surface area contributed by atoms with E-state index in [4.69, 9.17) is 5.41 Å². The van der Waals surface area contributed by atoms with Crippen molar-refractivity contribution in [3.63, 3.8) is 0 Å². The van der Waals surface area contributed by atoms with Crippen LogP contribution in [0.1, 0.15) is 25.1 Å². The summed E-state index contributed by atoms with van der Waals surface area (Å²) in [6.07, 6.45) is 3.72. The molecule has 0 bridgehead atoms. The number of rotatable bonds is 3. The van der Waals surface area contributed by atoms with E-state index in [9.17, 15) is 10.2 Å². The smallest absolute Gasteiger partial charge is 0.145 e. The highest BCUT2D eigenvalue weighted by atomic mass is 16.3. The van der Waals surface area contributed by atoms with Crippen LogP contribution in [0.25, 0.3) is 27.4 Å². The minimum Gasteiger partial charge on any atom is -0.509 e. The number of aliphatic hydroxyl groups is 1. The Bertz CT molecular complexity index is 1430. The first-order valence-electron chi connectivity index (χ1n) is 11.3. The molecule has 7 heteroatoms. The first-order chi connectivity index (χ1) is 16.1. The molecule has 6 rings (SSSR count). The number of anilines is 2. The Hall–Kier alpha value is -4.00. The first kappa shape index (κ1) is 19.7. The zero-order valence-electron chi connectivity index (χ0n) is 18.2. The van der Waals surface area contributed by atoms with Crippen LogP contribution >= 0.6 is 0 Å². The molecule has 4 N–H and O–H groups in total. The predicted molar refractivity (Wildman–Crippen MR) is 132 cm³/mol. The van der Waals surface area contributed by atoms with E-state index >= 15 is 0 Å². The number of fused-ring (bicyclic) bond motifs is 2. The van der Waals surface area contributed by atoms with Gasteiger partial charge in [-0.25, -0.2) is 4.98 Å². The van der Waals surface area contributed by atoms with Crippen molar-refractivity contribution < 1.29 is 10.2 Å². The predicted octanol–water partition coefficient (Wildman–Crippen LogP) is 5.18. The third-order valence-corrected chi connectivity index (χ3v) is 6.69. The second kappa shape index (κ2) is 7.55. The number of aromatic hydroxyl groups is 1. The molecule has 3 heterocycles. The van der Waals surface area contributed by atoms with Crippen molar-refractivity contribution in [2.45, 2.75) is 19.3 Å². The highest BCUT2D eigenvalue weighted by Crippen LogP contribution is 2.37. The van der Waals surface area contributed by atoms with Crippen LogP contribution in [0.3, 0.4) is 0 Å². The van der Waals surface area contributed by atoms with Crippen LogP contribution in [0.2, 0.25) is 0 Å². The normalized spacial score (nSPS) is 17.0. The number of aromatic nitrogens is 2. The van der Waals surface area contributed by atoms with Crippen molar-refractivity contribution in [1.29, 1.82) is 5.41 Å². The maximum Gasteiger partial charge on any atom is 0.145 e. The molecule has 4 aromatic rings.